The minimum absolute atomic E-state index is 0.0187. The molecule has 0 aliphatic carbocycles. The van der Waals surface area contributed by atoms with Gasteiger partial charge in [-0.3, -0.25) is 9.69 Å². The Kier molecular flexibility index (Phi) is 6.50. The molecule has 11 heteroatoms. The number of tetrazole rings is 1. The number of fused-ring (bicyclic) bond motifs is 2. The number of aromatic amines is 1. The SMILES string of the molecule is O=c1[nH]c2cc3c(cc2cc1[C@@H](c1nnnn1C[C@H]1CCCO1)N(Cc1ccccc1)Cc1ccco1)OCO3. The number of aromatic nitrogens is 5. The van der Waals surface area contributed by atoms with Crippen LogP contribution < -0.4 is 15.0 Å². The molecule has 7 rings (SSSR count). The molecule has 0 amide bonds. The minimum Gasteiger partial charge on any atom is -0.468 e. The summed E-state index contributed by atoms with van der Waals surface area (Å²) < 4.78 is 24.6. The van der Waals surface area contributed by atoms with Gasteiger partial charge < -0.3 is 23.6 Å². The molecule has 5 heterocycles. The van der Waals surface area contributed by atoms with E-state index in [-0.39, 0.29) is 18.5 Å². The molecule has 1 saturated heterocycles. The molecule has 0 bridgehead atoms. The molecule has 0 spiro atoms. The van der Waals surface area contributed by atoms with Gasteiger partial charge in [0, 0.05) is 30.2 Å². The predicted octanol–water partition coefficient (Wildman–Crippen LogP) is 3.81. The average molecular weight is 541 g/mol. The minimum atomic E-state index is -0.597. The Hall–Kier alpha value is -4.48. The summed E-state index contributed by atoms with van der Waals surface area (Å²) in [6.07, 6.45) is 3.61. The number of pyridine rings is 1. The summed E-state index contributed by atoms with van der Waals surface area (Å²) >= 11 is 0. The number of hydrogen-bond acceptors (Lipinski definition) is 9. The number of nitrogens with zero attached hydrogens (tertiary/aromatic N) is 5. The molecular weight excluding hydrogens is 512 g/mol. The predicted molar refractivity (Wildman–Crippen MR) is 144 cm³/mol. The van der Waals surface area contributed by atoms with Gasteiger partial charge in [-0.1, -0.05) is 30.3 Å². The monoisotopic (exact) mass is 540 g/mol. The highest BCUT2D eigenvalue weighted by atomic mass is 16.7. The van der Waals surface area contributed by atoms with Crippen molar-refractivity contribution < 1.29 is 18.6 Å². The summed E-state index contributed by atoms with van der Waals surface area (Å²) in [7, 11) is 0. The molecule has 0 saturated carbocycles. The van der Waals surface area contributed by atoms with E-state index in [0.717, 1.165) is 36.2 Å². The lowest BCUT2D eigenvalue weighted by atomic mass is 10.0. The van der Waals surface area contributed by atoms with Crippen molar-refractivity contribution in [3.63, 3.8) is 0 Å². The van der Waals surface area contributed by atoms with Crippen molar-refractivity contribution in [2.45, 2.75) is 44.6 Å². The highest BCUT2D eigenvalue weighted by Gasteiger charge is 2.33. The van der Waals surface area contributed by atoms with Crippen LogP contribution in [0.4, 0.5) is 0 Å². The standard InChI is InChI=1S/C29H28N6O5/c36-29-23(12-20-13-25-26(40-18-39-25)14-24(20)30-29)27(28-31-32-33-35(28)17-22-9-5-11-38-22)34(16-21-8-4-10-37-21)15-19-6-2-1-3-7-19/h1-4,6-8,10,12-14,22,27H,5,9,11,15-18H2,(H,30,36)/t22-,27+/m1/s1. The smallest absolute Gasteiger partial charge is 0.253 e. The van der Waals surface area contributed by atoms with Crippen molar-refractivity contribution in [3.05, 3.63) is 100.0 Å². The largest absolute Gasteiger partial charge is 0.468 e. The van der Waals surface area contributed by atoms with Gasteiger partial charge in [0.15, 0.2) is 17.3 Å². The van der Waals surface area contributed by atoms with Gasteiger partial charge in [0.25, 0.3) is 5.56 Å². The second-order valence-corrected chi connectivity index (χ2v) is 10.1. The average Bonchev–Trinajstić information content (AvgIpc) is 3.78. The van der Waals surface area contributed by atoms with Crippen LogP contribution in [-0.2, 0) is 24.4 Å². The lowest BCUT2D eigenvalue weighted by Crippen LogP contribution is -2.35. The summed E-state index contributed by atoms with van der Waals surface area (Å²) in [5, 5.41) is 13.7. The van der Waals surface area contributed by atoms with Gasteiger partial charge in [-0.15, -0.1) is 5.10 Å². The number of rotatable bonds is 9. The molecule has 2 atom stereocenters. The van der Waals surface area contributed by atoms with Gasteiger partial charge >= 0.3 is 0 Å². The molecule has 1 fully saturated rings. The molecule has 40 heavy (non-hydrogen) atoms. The van der Waals surface area contributed by atoms with Crippen LogP contribution in [0.3, 0.4) is 0 Å². The summed E-state index contributed by atoms with van der Waals surface area (Å²) in [6.45, 7) is 2.33. The third-order valence-electron chi connectivity index (χ3n) is 7.40. The Labute approximate surface area is 229 Å². The Balaban J connectivity index is 1.38. The summed E-state index contributed by atoms with van der Waals surface area (Å²) in [6, 6.07) is 18.9. The van der Waals surface area contributed by atoms with Gasteiger partial charge in [-0.05, 0) is 53.1 Å². The number of furan rings is 1. The number of nitrogens with one attached hydrogen (secondary N) is 1. The highest BCUT2D eigenvalue weighted by molar-refractivity contribution is 5.83. The molecular formula is C29H28N6O5. The molecule has 5 aromatic rings. The van der Waals surface area contributed by atoms with Crippen molar-refractivity contribution in [2.24, 2.45) is 0 Å². The van der Waals surface area contributed by atoms with Crippen LogP contribution in [0.15, 0.2) is 76.1 Å². The first-order valence-corrected chi connectivity index (χ1v) is 13.4. The first-order valence-electron chi connectivity index (χ1n) is 13.4. The van der Waals surface area contributed by atoms with Gasteiger partial charge in [-0.25, -0.2) is 4.68 Å². The summed E-state index contributed by atoms with van der Waals surface area (Å²) in [4.78, 5) is 19.0. The van der Waals surface area contributed by atoms with Crippen LogP contribution in [0.1, 0.15) is 41.6 Å². The van der Waals surface area contributed by atoms with E-state index < -0.39 is 6.04 Å². The van der Waals surface area contributed by atoms with Gasteiger partial charge in [-0.2, -0.15) is 0 Å². The van der Waals surface area contributed by atoms with E-state index in [1.54, 1.807) is 17.0 Å². The fraction of sp³-hybridized carbons (Fsp3) is 0.310. The van der Waals surface area contributed by atoms with Crippen LogP contribution in [-0.4, -0.2) is 49.6 Å². The summed E-state index contributed by atoms with van der Waals surface area (Å²) in [5.74, 6) is 2.57. The topological polar surface area (TPSA) is 121 Å². The van der Waals surface area contributed by atoms with Crippen LogP contribution >= 0.6 is 0 Å². The Morgan fingerprint density at radius 1 is 1.05 bits per heavy atom. The molecule has 0 radical (unpaired) electrons. The van der Waals surface area contributed by atoms with E-state index in [0.29, 0.717) is 48.0 Å². The van der Waals surface area contributed by atoms with Crippen molar-refractivity contribution >= 4 is 10.9 Å². The Morgan fingerprint density at radius 3 is 2.73 bits per heavy atom. The van der Waals surface area contributed by atoms with Crippen molar-refractivity contribution in [1.82, 2.24) is 30.1 Å². The zero-order chi connectivity index (χ0) is 26.9. The van der Waals surface area contributed by atoms with Gasteiger partial charge in [0.05, 0.1) is 31.0 Å². The lowest BCUT2D eigenvalue weighted by molar-refractivity contribution is 0.0901. The van der Waals surface area contributed by atoms with E-state index in [1.165, 1.54) is 0 Å². The molecule has 11 nitrogen and oxygen atoms in total. The van der Waals surface area contributed by atoms with E-state index in [1.807, 2.05) is 42.5 Å². The second-order valence-electron chi connectivity index (χ2n) is 10.1. The van der Waals surface area contributed by atoms with Crippen molar-refractivity contribution in [1.29, 1.82) is 0 Å². The van der Waals surface area contributed by atoms with Gasteiger partial charge in [0.2, 0.25) is 6.79 Å². The highest BCUT2D eigenvalue weighted by Crippen LogP contribution is 2.37. The quantitative estimate of drug-likeness (QED) is 0.298. The molecule has 2 aromatic carbocycles. The molecule has 0 unspecified atom stereocenters. The Morgan fingerprint density at radius 2 is 1.93 bits per heavy atom. The second kappa shape index (κ2) is 10.6. The van der Waals surface area contributed by atoms with Crippen LogP contribution in [0, 0.1) is 0 Å². The lowest BCUT2D eigenvalue weighted by Gasteiger charge is -2.30. The van der Waals surface area contributed by atoms with E-state index in [4.69, 9.17) is 18.6 Å². The van der Waals surface area contributed by atoms with Crippen LogP contribution in [0.5, 0.6) is 11.5 Å². The van der Waals surface area contributed by atoms with Crippen LogP contribution in [0.25, 0.3) is 10.9 Å². The molecule has 2 aliphatic heterocycles. The number of benzene rings is 2. The zero-order valence-corrected chi connectivity index (χ0v) is 21.7. The maximum atomic E-state index is 13.8. The van der Waals surface area contributed by atoms with E-state index in [2.05, 4.69) is 37.5 Å². The fourth-order valence-electron chi connectivity index (χ4n) is 5.49. The zero-order valence-electron chi connectivity index (χ0n) is 21.7. The third-order valence-corrected chi connectivity index (χ3v) is 7.40. The third kappa shape index (κ3) is 4.85. The first kappa shape index (κ1) is 24.6. The van der Waals surface area contributed by atoms with Crippen molar-refractivity contribution in [2.75, 3.05) is 13.4 Å². The number of H-pyrrole nitrogens is 1. The Bertz CT molecular complexity index is 1660. The normalized spacial score (nSPS) is 17.2. The van der Waals surface area contributed by atoms with Gasteiger partial charge in [0.1, 0.15) is 11.8 Å². The number of hydrogen-bond donors (Lipinski definition) is 1. The molecule has 3 aromatic heterocycles. The van der Waals surface area contributed by atoms with Crippen LogP contribution in [0.2, 0.25) is 0 Å². The maximum Gasteiger partial charge on any atom is 0.253 e. The number of ether oxygens (including phenoxy) is 3. The van der Waals surface area contributed by atoms with Crippen molar-refractivity contribution in [3.8, 4) is 11.5 Å². The maximum absolute atomic E-state index is 13.8. The van der Waals surface area contributed by atoms with E-state index in [9.17, 15) is 4.79 Å². The molecule has 1 N–H and O–H groups in total. The van der Waals surface area contributed by atoms with E-state index >= 15 is 0 Å². The molecule has 204 valence electrons. The molecule has 2 aliphatic rings. The fourth-order valence-corrected chi connectivity index (χ4v) is 5.49. The first-order chi connectivity index (χ1) is 19.7. The summed E-state index contributed by atoms with van der Waals surface area (Å²) in [5.41, 5.74) is 2.02.